The molecule has 0 saturated heterocycles. The fourth-order valence-corrected chi connectivity index (χ4v) is 0.203. The number of ether oxygens (including phenoxy) is 3. The van der Waals surface area contributed by atoms with E-state index in [0.717, 1.165) is 0 Å². The molecule has 0 aromatic rings. The molecule has 0 N–H and O–H groups in total. The molecule has 0 fully saturated rings. The van der Waals surface area contributed by atoms with Gasteiger partial charge in [-0.15, -0.1) is 0 Å². The summed E-state index contributed by atoms with van der Waals surface area (Å²) in [6.45, 7) is 6.38. The molecule has 0 saturated carbocycles. The zero-order valence-corrected chi connectivity index (χ0v) is 10.7. The van der Waals surface area contributed by atoms with Gasteiger partial charge < -0.3 is 14.2 Å². The maximum atomic E-state index is 9.82. The third-order valence-electron chi connectivity index (χ3n) is 0.923. The van der Waals surface area contributed by atoms with Crippen LogP contribution in [-0.4, -0.2) is 38.7 Å². The van der Waals surface area contributed by atoms with E-state index in [-0.39, 0.29) is 17.9 Å². The topological polar surface area (TPSA) is 78.9 Å². The van der Waals surface area contributed by atoms with E-state index >= 15 is 0 Å². The Balaban J connectivity index is -0.000000160. The highest BCUT2D eigenvalue weighted by Gasteiger charge is 1.81. The lowest BCUT2D eigenvalue weighted by Gasteiger charge is -1.89. The van der Waals surface area contributed by atoms with Crippen LogP contribution in [0.4, 0.5) is 0 Å². The van der Waals surface area contributed by atoms with Gasteiger partial charge in [0.25, 0.3) is 0 Å². The second-order valence-electron chi connectivity index (χ2n) is 2.32. The van der Waals surface area contributed by atoms with Crippen LogP contribution in [0, 0.1) is 0 Å². The summed E-state index contributed by atoms with van der Waals surface area (Å²) in [5, 5.41) is 0. The predicted molar refractivity (Wildman–Crippen MR) is 57.7 cm³/mol. The van der Waals surface area contributed by atoms with Crippen molar-refractivity contribution in [1.82, 2.24) is 0 Å². The number of esters is 3. The molecule has 6 nitrogen and oxygen atoms in total. The minimum Gasteiger partial charge on any atom is -0.469 e. The highest BCUT2D eigenvalue weighted by atomic mass is 16.5. The van der Waals surface area contributed by atoms with Gasteiger partial charge in [0.05, 0.1) is 20.8 Å². The Morgan fingerprint density at radius 3 is 1.06 bits per heavy atom. The van der Waals surface area contributed by atoms with Crippen LogP contribution in [-0.2, 0) is 28.6 Å². The van der Waals surface area contributed by atoms with E-state index < -0.39 is 0 Å². The Morgan fingerprint density at radius 1 is 0.812 bits per heavy atom. The standard InChI is InChI=1S/C4H8O2.2C3H6O2/c1-3-6-4(2)5;2*1-3(4)5-2/h3H2,1-2H3;2*1-2H3. The fourth-order valence-electron chi connectivity index (χ4n) is 0.203. The van der Waals surface area contributed by atoms with Crippen molar-refractivity contribution < 1.29 is 28.6 Å². The van der Waals surface area contributed by atoms with Crippen LogP contribution < -0.4 is 0 Å². The van der Waals surface area contributed by atoms with E-state index in [0.29, 0.717) is 6.61 Å². The molecule has 0 rings (SSSR count). The Hall–Kier alpha value is -1.59. The molecule has 0 aromatic carbocycles. The van der Waals surface area contributed by atoms with Crippen molar-refractivity contribution in [3.05, 3.63) is 0 Å². The fraction of sp³-hybridized carbons (Fsp3) is 0.700. The zero-order valence-electron chi connectivity index (χ0n) is 10.7. The van der Waals surface area contributed by atoms with Crippen LogP contribution >= 0.6 is 0 Å². The third-order valence-corrected chi connectivity index (χ3v) is 0.923. The van der Waals surface area contributed by atoms with Crippen LogP contribution in [0.5, 0.6) is 0 Å². The molecule has 0 heterocycles. The van der Waals surface area contributed by atoms with Crippen molar-refractivity contribution in [3.8, 4) is 0 Å². The van der Waals surface area contributed by atoms with E-state index in [4.69, 9.17) is 0 Å². The molecule has 6 heteroatoms. The zero-order chi connectivity index (χ0) is 13.6. The van der Waals surface area contributed by atoms with Crippen LogP contribution in [0.2, 0.25) is 0 Å². The molecule has 0 unspecified atom stereocenters. The molecule has 0 radical (unpaired) electrons. The molecule has 0 aliphatic heterocycles. The summed E-state index contributed by atoms with van der Waals surface area (Å²) in [5.41, 5.74) is 0. The summed E-state index contributed by atoms with van der Waals surface area (Å²) < 4.78 is 12.6. The summed E-state index contributed by atoms with van der Waals surface area (Å²) in [4.78, 5) is 29.0. The second kappa shape index (κ2) is 15.9. The van der Waals surface area contributed by atoms with E-state index in [1.54, 1.807) is 6.92 Å². The number of hydrogen-bond acceptors (Lipinski definition) is 6. The lowest BCUT2D eigenvalue weighted by Crippen LogP contribution is -1.95. The molecule has 96 valence electrons. The summed E-state index contributed by atoms with van der Waals surface area (Å²) in [7, 11) is 2.70. The molecular weight excluding hydrogens is 216 g/mol. The lowest BCUT2D eigenvalue weighted by atomic mass is 10.8. The summed E-state index contributed by atoms with van der Waals surface area (Å²) >= 11 is 0. The van der Waals surface area contributed by atoms with Gasteiger partial charge in [-0.05, 0) is 6.92 Å². The number of hydrogen-bond donors (Lipinski definition) is 0. The van der Waals surface area contributed by atoms with Gasteiger partial charge in [-0.2, -0.15) is 0 Å². The van der Waals surface area contributed by atoms with Crippen molar-refractivity contribution in [2.24, 2.45) is 0 Å². The van der Waals surface area contributed by atoms with Gasteiger partial charge in [0, 0.05) is 20.8 Å². The van der Waals surface area contributed by atoms with Gasteiger partial charge in [-0.25, -0.2) is 0 Å². The molecule has 0 aliphatic carbocycles. The van der Waals surface area contributed by atoms with E-state index in [2.05, 4.69) is 14.2 Å². The van der Waals surface area contributed by atoms with Crippen molar-refractivity contribution in [2.45, 2.75) is 27.7 Å². The van der Waals surface area contributed by atoms with Gasteiger partial charge in [0.15, 0.2) is 0 Å². The lowest BCUT2D eigenvalue weighted by molar-refractivity contribution is -0.140. The SMILES string of the molecule is CCOC(C)=O.COC(C)=O.COC(C)=O. The van der Waals surface area contributed by atoms with Gasteiger partial charge in [-0.3, -0.25) is 14.4 Å². The first kappa shape index (κ1) is 19.9. The molecule has 0 aliphatic rings. The van der Waals surface area contributed by atoms with E-state index in [9.17, 15) is 14.4 Å². The normalized spacial score (nSPS) is 7.12. The Kier molecular flexibility index (Phi) is 19.7. The number of methoxy groups -OCH3 is 2. The summed E-state index contributed by atoms with van der Waals surface area (Å²) in [6.07, 6.45) is 0. The highest BCUT2D eigenvalue weighted by Crippen LogP contribution is 1.69. The Bertz CT molecular complexity index is 185. The smallest absolute Gasteiger partial charge is 0.302 e. The molecule has 0 spiro atoms. The highest BCUT2D eigenvalue weighted by molar-refractivity contribution is 5.66. The van der Waals surface area contributed by atoms with Gasteiger partial charge in [0.2, 0.25) is 0 Å². The first-order chi connectivity index (χ1) is 7.31. The molecular formula is C10H20O6. The Labute approximate surface area is 95.9 Å². The van der Waals surface area contributed by atoms with Gasteiger partial charge >= 0.3 is 17.9 Å². The van der Waals surface area contributed by atoms with Gasteiger partial charge in [-0.1, -0.05) is 0 Å². The summed E-state index contributed by atoms with van der Waals surface area (Å²) in [5.74, 6) is -0.701. The van der Waals surface area contributed by atoms with E-state index in [1.807, 2.05) is 0 Å². The Morgan fingerprint density at radius 2 is 1.06 bits per heavy atom. The molecule has 0 amide bonds. The van der Waals surface area contributed by atoms with Crippen molar-refractivity contribution in [2.75, 3.05) is 20.8 Å². The molecule has 0 atom stereocenters. The second-order valence-corrected chi connectivity index (χ2v) is 2.32. The molecule has 0 aromatic heterocycles. The van der Waals surface area contributed by atoms with Crippen LogP contribution in [0.1, 0.15) is 27.7 Å². The maximum absolute atomic E-state index is 9.82. The third kappa shape index (κ3) is 55.2. The van der Waals surface area contributed by atoms with Crippen molar-refractivity contribution >= 4 is 17.9 Å². The minimum absolute atomic E-state index is 0.211. The monoisotopic (exact) mass is 236 g/mol. The molecule has 16 heavy (non-hydrogen) atoms. The van der Waals surface area contributed by atoms with Gasteiger partial charge in [0.1, 0.15) is 0 Å². The van der Waals surface area contributed by atoms with Crippen molar-refractivity contribution in [1.29, 1.82) is 0 Å². The van der Waals surface area contributed by atoms with E-state index in [1.165, 1.54) is 35.0 Å². The van der Waals surface area contributed by atoms with Crippen molar-refractivity contribution in [3.63, 3.8) is 0 Å². The first-order valence-corrected chi connectivity index (χ1v) is 4.54. The van der Waals surface area contributed by atoms with Crippen LogP contribution in [0.25, 0.3) is 0 Å². The number of carbonyl (C=O) groups is 3. The average Bonchev–Trinajstić information content (AvgIpc) is 2.19. The predicted octanol–water partition coefficient (Wildman–Crippen LogP) is 0.928. The van der Waals surface area contributed by atoms with Crippen LogP contribution in [0.3, 0.4) is 0 Å². The summed E-state index contributed by atoms with van der Waals surface area (Å²) in [6, 6.07) is 0. The quantitative estimate of drug-likeness (QED) is 0.497. The minimum atomic E-state index is -0.245. The maximum Gasteiger partial charge on any atom is 0.302 e. The average molecular weight is 236 g/mol. The largest absolute Gasteiger partial charge is 0.469 e. The number of carbonyl (C=O) groups excluding carboxylic acids is 3. The van der Waals surface area contributed by atoms with Crippen LogP contribution in [0.15, 0.2) is 0 Å². The number of rotatable bonds is 1. The first-order valence-electron chi connectivity index (χ1n) is 4.54. The molecule has 0 bridgehead atoms.